The van der Waals surface area contributed by atoms with Crippen LogP contribution in [0.5, 0.6) is 0 Å². The zero-order valence-electron chi connectivity index (χ0n) is 25.0. The first-order valence-corrected chi connectivity index (χ1v) is 16.1. The van der Waals surface area contributed by atoms with Crippen molar-refractivity contribution in [2.75, 3.05) is 37.7 Å². The molecule has 0 aliphatic heterocycles. The highest BCUT2D eigenvalue weighted by Crippen LogP contribution is 2.28. The first kappa shape index (κ1) is 35.4. The number of hydrogen-bond acceptors (Lipinski definition) is 8. The fraction of sp³-hybridized carbons (Fsp3) is 0.419. The number of carbonyl (C=O) groups excluding carboxylic acids is 4. The van der Waals surface area contributed by atoms with E-state index in [1.807, 2.05) is 32.0 Å². The molecule has 0 spiro atoms. The molecule has 0 saturated carbocycles. The number of primary amides is 1. The number of aryl methyl sites for hydroxylation is 1. The molecule has 0 unspecified atom stereocenters. The van der Waals surface area contributed by atoms with Crippen molar-refractivity contribution in [3.8, 4) is 0 Å². The van der Waals surface area contributed by atoms with Crippen molar-refractivity contribution < 1.29 is 19.2 Å². The number of nitrogens with one attached hydrogen (secondary N) is 4. The SMILES string of the molecule is Cc1ccc2c(c1)c(CC(=O)NCCCCNC(=O)[C@H](CS)NCCN[C@@H](CS)C(N)=O)c(C)n2C(=O)c1ccc(Cl)cc1. The number of amides is 3. The van der Waals surface area contributed by atoms with Gasteiger partial charge >= 0.3 is 0 Å². The largest absolute Gasteiger partial charge is 0.368 e. The van der Waals surface area contributed by atoms with Gasteiger partial charge in [0.25, 0.3) is 5.91 Å². The van der Waals surface area contributed by atoms with Crippen LogP contribution in [0, 0.1) is 13.8 Å². The monoisotopic (exact) mass is 660 g/mol. The summed E-state index contributed by atoms with van der Waals surface area (Å²) in [5.41, 5.74) is 9.12. The second kappa shape index (κ2) is 17.5. The Labute approximate surface area is 274 Å². The van der Waals surface area contributed by atoms with Gasteiger partial charge in [-0.25, -0.2) is 0 Å². The lowest BCUT2D eigenvalue weighted by molar-refractivity contribution is -0.123. The van der Waals surface area contributed by atoms with E-state index in [1.54, 1.807) is 28.8 Å². The first-order valence-electron chi connectivity index (χ1n) is 14.5. The number of thiol groups is 2. The third-order valence-electron chi connectivity index (χ3n) is 7.28. The van der Waals surface area contributed by atoms with Crippen molar-refractivity contribution in [3.05, 3.63) is 69.9 Å². The Morgan fingerprint density at radius 2 is 1.48 bits per heavy atom. The van der Waals surface area contributed by atoms with Crippen LogP contribution < -0.4 is 27.0 Å². The van der Waals surface area contributed by atoms with E-state index in [2.05, 4.69) is 46.5 Å². The summed E-state index contributed by atoms with van der Waals surface area (Å²) in [6.07, 6.45) is 1.51. The van der Waals surface area contributed by atoms with Crippen molar-refractivity contribution in [1.29, 1.82) is 0 Å². The number of aromatic nitrogens is 1. The fourth-order valence-electron chi connectivity index (χ4n) is 4.83. The Bertz CT molecular complexity index is 1460. The fourth-order valence-corrected chi connectivity index (χ4v) is 5.56. The van der Waals surface area contributed by atoms with Crippen molar-refractivity contribution >= 4 is 71.4 Å². The number of nitrogens with two attached hydrogens (primary N) is 1. The maximum absolute atomic E-state index is 13.4. The summed E-state index contributed by atoms with van der Waals surface area (Å²) in [6, 6.07) is 11.6. The minimum atomic E-state index is -0.526. The summed E-state index contributed by atoms with van der Waals surface area (Å²) >= 11 is 14.4. The lowest BCUT2D eigenvalue weighted by atomic mass is 10.1. The Morgan fingerprint density at radius 3 is 2.09 bits per heavy atom. The number of halogens is 1. The summed E-state index contributed by atoms with van der Waals surface area (Å²) in [5.74, 6) is -0.351. The third-order valence-corrected chi connectivity index (χ3v) is 8.26. The van der Waals surface area contributed by atoms with E-state index in [4.69, 9.17) is 17.3 Å². The number of unbranched alkanes of at least 4 members (excludes halogenated alkanes) is 1. The van der Waals surface area contributed by atoms with Gasteiger partial charge in [0, 0.05) is 59.4 Å². The van der Waals surface area contributed by atoms with E-state index >= 15 is 0 Å². The molecule has 0 aliphatic rings. The molecule has 10 nitrogen and oxygen atoms in total. The third kappa shape index (κ3) is 9.73. The van der Waals surface area contributed by atoms with Gasteiger partial charge in [0.15, 0.2) is 0 Å². The van der Waals surface area contributed by atoms with E-state index in [-0.39, 0.29) is 24.1 Å². The molecule has 0 radical (unpaired) electrons. The van der Waals surface area contributed by atoms with Gasteiger partial charge in [0.2, 0.25) is 17.7 Å². The van der Waals surface area contributed by atoms with Crippen molar-refractivity contribution in [2.24, 2.45) is 5.73 Å². The Morgan fingerprint density at radius 1 is 0.864 bits per heavy atom. The van der Waals surface area contributed by atoms with Gasteiger partial charge in [-0.15, -0.1) is 0 Å². The highest BCUT2D eigenvalue weighted by Gasteiger charge is 2.22. The summed E-state index contributed by atoms with van der Waals surface area (Å²) in [6.45, 7) is 5.66. The van der Waals surface area contributed by atoms with Gasteiger partial charge in [-0.3, -0.25) is 23.7 Å². The summed E-state index contributed by atoms with van der Waals surface area (Å²) in [7, 11) is 0. The highest BCUT2D eigenvalue weighted by molar-refractivity contribution is 7.80. The molecule has 6 N–H and O–H groups in total. The zero-order valence-corrected chi connectivity index (χ0v) is 27.5. The van der Waals surface area contributed by atoms with Gasteiger partial charge in [-0.05, 0) is 68.7 Å². The van der Waals surface area contributed by atoms with Gasteiger partial charge in [0.1, 0.15) is 0 Å². The van der Waals surface area contributed by atoms with Crippen LogP contribution in [0.25, 0.3) is 10.9 Å². The number of fused-ring (bicyclic) bond motifs is 1. The summed E-state index contributed by atoms with van der Waals surface area (Å²) < 4.78 is 1.66. The van der Waals surface area contributed by atoms with Crippen LogP contribution in [0.4, 0.5) is 0 Å². The summed E-state index contributed by atoms with van der Waals surface area (Å²) in [4.78, 5) is 50.1. The van der Waals surface area contributed by atoms with E-state index in [1.165, 1.54) is 0 Å². The van der Waals surface area contributed by atoms with Crippen LogP contribution in [0.1, 0.15) is 40.0 Å². The number of rotatable bonds is 17. The average molecular weight is 661 g/mol. The molecular formula is C31H41ClN6O4S2. The molecule has 2 atom stereocenters. The molecule has 3 amide bonds. The van der Waals surface area contributed by atoms with Crippen LogP contribution in [0.15, 0.2) is 42.5 Å². The van der Waals surface area contributed by atoms with Gasteiger partial charge < -0.3 is 27.0 Å². The Kier molecular flexibility index (Phi) is 14.1. The van der Waals surface area contributed by atoms with Crippen LogP contribution in [0.3, 0.4) is 0 Å². The lowest BCUT2D eigenvalue weighted by Crippen LogP contribution is -2.50. The molecule has 44 heavy (non-hydrogen) atoms. The lowest BCUT2D eigenvalue weighted by Gasteiger charge is -2.18. The number of nitrogens with zero attached hydrogens (tertiary/aromatic N) is 1. The standard InChI is InChI=1S/C31H41ClN6O4S2/c1-19-5-10-27-24(15-19)23(20(2)38(27)31(42)21-6-8-22(32)9-7-21)16-28(39)36-11-3-4-12-37-30(41)26(18-44)35-14-13-34-25(17-43)29(33)40/h5-10,15,25-26,34-35,43-44H,3-4,11-14,16-18H2,1-2H3,(H2,33,40)(H,36,39)(H,37,41)/t25-,26-/m0/s1. The number of benzene rings is 2. The van der Waals surface area contributed by atoms with E-state index < -0.39 is 18.0 Å². The Hall–Kier alpha value is -3.03. The molecular weight excluding hydrogens is 620 g/mol. The van der Waals surface area contributed by atoms with E-state index in [0.717, 1.165) is 27.7 Å². The highest BCUT2D eigenvalue weighted by atomic mass is 35.5. The molecule has 238 valence electrons. The molecule has 0 aliphatic carbocycles. The zero-order chi connectivity index (χ0) is 32.2. The first-order chi connectivity index (χ1) is 21.1. The maximum Gasteiger partial charge on any atom is 0.262 e. The summed E-state index contributed by atoms with van der Waals surface area (Å²) in [5, 5.41) is 13.4. The molecule has 3 rings (SSSR count). The van der Waals surface area contributed by atoms with Crippen molar-refractivity contribution in [1.82, 2.24) is 25.8 Å². The van der Waals surface area contributed by atoms with Gasteiger partial charge in [0.05, 0.1) is 24.0 Å². The Balaban J connectivity index is 1.47. The smallest absolute Gasteiger partial charge is 0.262 e. The molecule has 0 saturated heterocycles. The minimum absolute atomic E-state index is 0.138. The van der Waals surface area contributed by atoms with Gasteiger partial charge in [-0.2, -0.15) is 25.3 Å². The van der Waals surface area contributed by atoms with Crippen LogP contribution in [-0.2, 0) is 20.8 Å². The predicted molar refractivity (Wildman–Crippen MR) is 182 cm³/mol. The van der Waals surface area contributed by atoms with Crippen LogP contribution >= 0.6 is 36.9 Å². The van der Waals surface area contributed by atoms with E-state index in [9.17, 15) is 19.2 Å². The molecule has 1 aromatic heterocycles. The topological polar surface area (TPSA) is 147 Å². The van der Waals surface area contributed by atoms with Crippen molar-refractivity contribution in [2.45, 2.75) is 45.2 Å². The maximum atomic E-state index is 13.4. The van der Waals surface area contributed by atoms with Gasteiger partial charge in [-0.1, -0.05) is 23.2 Å². The second-order valence-electron chi connectivity index (χ2n) is 10.5. The predicted octanol–water partition coefficient (Wildman–Crippen LogP) is 2.42. The number of hydrogen-bond donors (Lipinski definition) is 7. The average Bonchev–Trinajstić information content (AvgIpc) is 3.26. The van der Waals surface area contributed by atoms with E-state index in [0.29, 0.717) is 61.1 Å². The molecule has 2 aromatic carbocycles. The van der Waals surface area contributed by atoms with Crippen LogP contribution in [-0.4, -0.2) is 78.0 Å². The molecule has 1 heterocycles. The second-order valence-corrected chi connectivity index (χ2v) is 11.7. The minimum Gasteiger partial charge on any atom is -0.368 e. The molecule has 3 aromatic rings. The number of carbonyl (C=O) groups is 4. The van der Waals surface area contributed by atoms with Crippen LogP contribution in [0.2, 0.25) is 5.02 Å². The molecule has 0 fully saturated rings. The van der Waals surface area contributed by atoms with Crippen molar-refractivity contribution in [3.63, 3.8) is 0 Å². The normalized spacial score (nSPS) is 12.6. The molecule has 13 heteroatoms. The molecule has 0 bridgehead atoms. The quantitative estimate of drug-likeness (QED) is 0.0874.